The summed E-state index contributed by atoms with van der Waals surface area (Å²) >= 11 is 0. The Morgan fingerprint density at radius 2 is 1.92 bits per heavy atom. The van der Waals surface area contributed by atoms with E-state index in [0.717, 1.165) is 11.1 Å². The molecule has 2 aromatic carbocycles. The molecule has 0 atom stereocenters. The monoisotopic (exact) mass is 324 g/mol. The van der Waals surface area contributed by atoms with Crippen molar-refractivity contribution in [3.63, 3.8) is 0 Å². The third kappa shape index (κ3) is 3.78. The SMILES string of the molecule is O=C(O)CCCC(=O)Nc1cccc(-c2nc3ccccc3o2)c1. The first-order chi connectivity index (χ1) is 11.6. The number of anilines is 1. The van der Waals surface area contributed by atoms with Gasteiger partial charge in [0, 0.05) is 24.1 Å². The lowest BCUT2D eigenvalue weighted by Crippen LogP contribution is -2.11. The first-order valence-electron chi connectivity index (χ1n) is 7.59. The number of hydrogen-bond acceptors (Lipinski definition) is 4. The van der Waals surface area contributed by atoms with Crippen molar-refractivity contribution in [2.45, 2.75) is 19.3 Å². The summed E-state index contributed by atoms with van der Waals surface area (Å²) in [5.74, 6) is -0.634. The smallest absolute Gasteiger partial charge is 0.303 e. The number of carbonyl (C=O) groups is 2. The topological polar surface area (TPSA) is 92.4 Å². The van der Waals surface area contributed by atoms with E-state index in [-0.39, 0.29) is 18.7 Å². The van der Waals surface area contributed by atoms with E-state index in [1.807, 2.05) is 30.3 Å². The maximum absolute atomic E-state index is 11.8. The Morgan fingerprint density at radius 3 is 2.71 bits per heavy atom. The number of oxazole rings is 1. The van der Waals surface area contributed by atoms with Crippen molar-refractivity contribution in [1.29, 1.82) is 0 Å². The van der Waals surface area contributed by atoms with Gasteiger partial charge in [-0.1, -0.05) is 18.2 Å². The fourth-order valence-corrected chi connectivity index (χ4v) is 2.35. The number of nitrogens with one attached hydrogen (secondary N) is 1. The number of amides is 1. The molecule has 1 heterocycles. The van der Waals surface area contributed by atoms with Gasteiger partial charge in [-0.2, -0.15) is 0 Å². The first kappa shape index (κ1) is 15.7. The second-order valence-corrected chi connectivity index (χ2v) is 5.36. The van der Waals surface area contributed by atoms with Gasteiger partial charge in [-0.05, 0) is 36.8 Å². The number of rotatable bonds is 6. The molecule has 0 radical (unpaired) electrons. The summed E-state index contributed by atoms with van der Waals surface area (Å²) in [6.07, 6.45) is 0.460. The van der Waals surface area contributed by atoms with Crippen molar-refractivity contribution < 1.29 is 19.1 Å². The van der Waals surface area contributed by atoms with E-state index in [4.69, 9.17) is 9.52 Å². The normalized spacial score (nSPS) is 10.7. The van der Waals surface area contributed by atoms with Gasteiger partial charge in [0.25, 0.3) is 0 Å². The highest BCUT2D eigenvalue weighted by Gasteiger charge is 2.09. The quantitative estimate of drug-likeness (QED) is 0.721. The molecule has 0 spiro atoms. The van der Waals surface area contributed by atoms with Crippen molar-refractivity contribution in [1.82, 2.24) is 4.98 Å². The number of fused-ring (bicyclic) bond motifs is 1. The molecule has 3 rings (SSSR count). The Hall–Kier alpha value is -3.15. The number of hydrogen-bond donors (Lipinski definition) is 2. The summed E-state index contributed by atoms with van der Waals surface area (Å²) < 4.78 is 5.72. The Kier molecular flexibility index (Phi) is 4.56. The van der Waals surface area contributed by atoms with E-state index in [9.17, 15) is 9.59 Å². The maximum atomic E-state index is 11.8. The molecule has 0 aliphatic carbocycles. The molecule has 6 nitrogen and oxygen atoms in total. The van der Waals surface area contributed by atoms with Crippen LogP contribution in [0.25, 0.3) is 22.6 Å². The third-order valence-corrected chi connectivity index (χ3v) is 3.48. The number of benzene rings is 2. The molecule has 0 saturated heterocycles. The summed E-state index contributed by atoms with van der Waals surface area (Å²) in [5, 5.41) is 11.3. The molecule has 0 aliphatic heterocycles. The minimum absolute atomic E-state index is 0.0175. The van der Waals surface area contributed by atoms with E-state index in [1.165, 1.54) is 0 Å². The van der Waals surface area contributed by atoms with Crippen LogP contribution in [0.15, 0.2) is 52.9 Å². The van der Waals surface area contributed by atoms with Gasteiger partial charge in [-0.15, -0.1) is 0 Å². The number of nitrogens with zero attached hydrogens (tertiary/aromatic N) is 1. The summed E-state index contributed by atoms with van der Waals surface area (Å²) in [5.41, 5.74) is 2.86. The van der Waals surface area contributed by atoms with Gasteiger partial charge < -0.3 is 14.8 Å². The Balaban J connectivity index is 1.72. The van der Waals surface area contributed by atoms with Crippen LogP contribution in [0.3, 0.4) is 0 Å². The molecule has 24 heavy (non-hydrogen) atoms. The predicted molar refractivity (Wildman–Crippen MR) is 89.6 cm³/mol. The number of carboxylic acids is 1. The molecule has 0 saturated carbocycles. The van der Waals surface area contributed by atoms with Crippen molar-refractivity contribution in [3.05, 3.63) is 48.5 Å². The molecular weight excluding hydrogens is 308 g/mol. The zero-order valence-corrected chi connectivity index (χ0v) is 12.9. The van der Waals surface area contributed by atoms with Crippen molar-refractivity contribution >= 4 is 28.7 Å². The molecule has 0 bridgehead atoms. The second-order valence-electron chi connectivity index (χ2n) is 5.36. The van der Waals surface area contributed by atoms with Crippen LogP contribution < -0.4 is 5.32 Å². The van der Waals surface area contributed by atoms with Gasteiger partial charge in [0.05, 0.1) is 0 Å². The van der Waals surface area contributed by atoms with Crippen LogP contribution in [0.2, 0.25) is 0 Å². The molecule has 1 aromatic heterocycles. The van der Waals surface area contributed by atoms with Gasteiger partial charge in [-0.3, -0.25) is 9.59 Å². The second kappa shape index (κ2) is 6.95. The predicted octanol–water partition coefficient (Wildman–Crippen LogP) is 3.69. The Morgan fingerprint density at radius 1 is 1.08 bits per heavy atom. The zero-order valence-electron chi connectivity index (χ0n) is 12.9. The van der Waals surface area contributed by atoms with Crippen LogP contribution in [0.4, 0.5) is 5.69 Å². The zero-order chi connectivity index (χ0) is 16.9. The van der Waals surface area contributed by atoms with Gasteiger partial charge in [0.15, 0.2) is 5.58 Å². The van der Waals surface area contributed by atoms with E-state index in [0.29, 0.717) is 23.6 Å². The number of carbonyl (C=O) groups excluding carboxylic acids is 1. The lowest BCUT2D eigenvalue weighted by Gasteiger charge is -2.05. The van der Waals surface area contributed by atoms with Gasteiger partial charge in [-0.25, -0.2) is 4.98 Å². The highest BCUT2D eigenvalue weighted by molar-refractivity contribution is 5.91. The van der Waals surface area contributed by atoms with Crippen LogP contribution in [0.1, 0.15) is 19.3 Å². The standard InChI is InChI=1S/C18H16N2O4/c21-16(9-4-10-17(22)23)19-13-6-3-5-12(11-13)18-20-14-7-1-2-8-15(14)24-18/h1-3,5-8,11H,4,9-10H2,(H,19,21)(H,22,23). The molecule has 3 aromatic rings. The third-order valence-electron chi connectivity index (χ3n) is 3.48. The summed E-state index contributed by atoms with van der Waals surface area (Å²) in [7, 11) is 0. The van der Waals surface area contributed by atoms with Crippen molar-refractivity contribution in [2.75, 3.05) is 5.32 Å². The number of carboxylic acid groups (broad SMARTS) is 1. The average molecular weight is 324 g/mol. The minimum atomic E-state index is -0.902. The summed E-state index contributed by atoms with van der Waals surface area (Å²) in [6, 6.07) is 14.7. The number of para-hydroxylation sites is 2. The van der Waals surface area contributed by atoms with Gasteiger partial charge in [0.1, 0.15) is 5.52 Å². The molecule has 6 heteroatoms. The molecule has 0 unspecified atom stereocenters. The maximum Gasteiger partial charge on any atom is 0.303 e. The largest absolute Gasteiger partial charge is 0.481 e. The lowest BCUT2D eigenvalue weighted by atomic mass is 10.2. The van der Waals surface area contributed by atoms with Crippen LogP contribution >= 0.6 is 0 Å². The average Bonchev–Trinajstić information content (AvgIpc) is 2.99. The summed E-state index contributed by atoms with van der Waals surface area (Å²) in [4.78, 5) is 26.7. The van der Waals surface area contributed by atoms with E-state index in [2.05, 4.69) is 10.3 Å². The highest BCUT2D eigenvalue weighted by Crippen LogP contribution is 2.26. The first-order valence-corrected chi connectivity index (χ1v) is 7.59. The van der Waals surface area contributed by atoms with Crippen LogP contribution in [0.5, 0.6) is 0 Å². The number of aromatic nitrogens is 1. The van der Waals surface area contributed by atoms with Crippen LogP contribution in [-0.4, -0.2) is 22.0 Å². The Bertz CT molecular complexity index is 852. The molecule has 122 valence electrons. The molecular formula is C18H16N2O4. The van der Waals surface area contributed by atoms with E-state index < -0.39 is 5.97 Å². The fourth-order valence-electron chi connectivity index (χ4n) is 2.35. The number of aliphatic carboxylic acids is 1. The van der Waals surface area contributed by atoms with Crippen molar-refractivity contribution in [2.24, 2.45) is 0 Å². The highest BCUT2D eigenvalue weighted by atomic mass is 16.4. The van der Waals surface area contributed by atoms with Crippen molar-refractivity contribution in [3.8, 4) is 11.5 Å². The Labute approximate surface area is 138 Å². The fraction of sp³-hybridized carbons (Fsp3) is 0.167. The lowest BCUT2D eigenvalue weighted by molar-refractivity contribution is -0.137. The molecule has 2 N–H and O–H groups in total. The summed E-state index contributed by atoms with van der Waals surface area (Å²) in [6.45, 7) is 0. The molecule has 0 aliphatic rings. The molecule has 0 fully saturated rings. The van der Waals surface area contributed by atoms with Crippen LogP contribution in [-0.2, 0) is 9.59 Å². The van der Waals surface area contributed by atoms with E-state index >= 15 is 0 Å². The van der Waals surface area contributed by atoms with E-state index in [1.54, 1.807) is 18.2 Å². The molecule has 1 amide bonds. The van der Waals surface area contributed by atoms with Crippen LogP contribution in [0, 0.1) is 0 Å². The minimum Gasteiger partial charge on any atom is -0.481 e. The van der Waals surface area contributed by atoms with Gasteiger partial charge >= 0.3 is 5.97 Å². The van der Waals surface area contributed by atoms with Gasteiger partial charge in [0.2, 0.25) is 11.8 Å².